The van der Waals surface area contributed by atoms with Crippen LogP contribution >= 0.6 is 0 Å². The number of aryl methyl sites for hydroxylation is 1. The fourth-order valence-electron chi connectivity index (χ4n) is 5.99. The van der Waals surface area contributed by atoms with Gasteiger partial charge in [-0.05, 0) is 68.6 Å². The fraction of sp³-hybridized carbons (Fsp3) is 0.529. The first-order valence-corrected chi connectivity index (χ1v) is 15.5. The Kier molecular flexibility index (Phi) is 10.9. The summed E-state index contributed by atoms with van der Waals surface area (Å²) in [6.45, 7) is 9.56. The van der Waals surface area contributed by atoms with Gasteiger partial charge in [0, 0.05) is 56.8 Å². The van der Waals surface area contributed by atoms with Crippen molar-refractivity contribution in [1.29, 1.82) is 0 Å². The van der Waals surface area contributed by atoms with Crippen molar-refractivity contribution in [2.75, 3.05) is 71.0 Å². The summed E-state index contributed by atoms with van der Waals surface area (Å²) in [6.07, 6.45) is 8.57. The Morgan fingerprint density at radius 2 is 1.56 bits per heavy atom. The summed E-state index contributed by atoms with van der Waals surface area (Å²) in [5.41, 5.74) is 4.50. The number of piperazine rings is 1. The van der Waals surface area contributed by atoms with Crippen molar-refractivity contribution in [2.45, 2.75) is 51.4 Å². The van der Waals surface area contributed by atoms with E-state index in [9.17, 15) is 4.79 Å². The van der Waals surface area contributed by atoms with Gasteiger partial charge in [-0.2, -0.15) is 0 Å². The maximum Gasteiger partial charge on any atom is 0.305 e. The second-order valence-electron chi connectivity index (χ2n) is 11.4. The lowest BCUT2D eigenvalue weighted by molar-refractivity contribution is -0.140. The Balaban J connectivity index is 1.05. The number of hydrogen-bond donors (Lipinski definition) is 0. The number of esters is 1. The summed E-state index contributed by atoms with van der Waals surface area (Å²) in [5, 5.41) is 1.14. The Labute approximate surface area is 245 Å². The van der Waals surface area contributed by atoms with Crippen LogP contribution in [0.15, 0.2) is 54.6 Å². The van der Waals surface area contributed by atoms with Crippen LogP contribution in [0.2, 0.25) is 0 Å². The van der Waals surface area contributed by atoms with E-state index in [1.165, 1.54) is 57.1 Å². The number of fused-ring (bicyclic) bond motifs is 1. The van der Waals surface area contributed by atoms with E-state index in [4.69, 9.17) is 14.5 Å². The van der Waals surface area contributed by atoms with Crippen LogP contribution in [0.5, 0.6) is 5.75 Å². The van der Waals surface area contributed by atoms with Gasteiger partial charge in [0.1, 0.15) is 5.75 Å². The highest BCUT2D eigenvalue weighted by Crippen LogP contribution is 2.27. The summed E-state index contributed by atoms with van der Waals surface area (Å²) in [4.78, 5) is 24.1. The molecule has 2 aromatic carbocycles. The van der Waals surface area contributed by atoms with Gasteiger partial charge in [-0.1, -0.05) is 43.2 Å². The van der Waals surface area contributed by atoms with Gasteiger partial charge >= 0.3 is 5.97 Å². The van der Waals surface area contributed by atoms with Gasteiger partial charge in [-0.15, -0.1) is 0 Å². The molecule has 0 N–H and O–H groups in total. The molecule has 2 fully saturated rings. The van der Waals surface area contributed by atoms with Crippen molar-refractivity contribution in [3.8, 4) is 5.75 Å². The molecule has 1 aromatic heterocycles. The third kappa shape index (κ3) is 8.66. The SMILES string of the molecule is COC(=O)CCc1ccc2cccc(N3CCN(CCc4ccc(OCCCN5CCCCCC5)cc4)CC3)c2n1. The van der Waals surface area contributed by atoms with Crippen LogP contribution in [-0.4, -0.2) is 86.8 Å². The molecule has 7 heteroatoms. The number of nitrogens with zero attached hydrogens (tertiary/aromatic N) is 4. The van der Waals surface area contributed by atoms with Gasteiger partial charge in [-0.3, -0.25) is 14.7 Å². The standard InChI is InChI=1S/C34H46N4O3/c1-40-33(39)17-14-30-13-12-29-8-6-9-32(34(29)35-30)38-25-23-37(24-26-38)22-18-28-10-15-31(16-11-28)41-27-7-21-36-19-4-2-3-5-20-36/h6,8-13,15-16H,2-5,7,14,17-27H2,1H3. The molecule has 2 aliphatic heterocycles. The predicted molar refractivity (Wildman–Crippen MR) is 166 cm³/mol. The van der Waals surface area contributed by atoms with Crippen molar-refractivity contribution in [2.24, 2.45) is 0 Å². The molecular formula is C34H46N4O3. The van der Waals surface area contributed by atoms with E-state index in [0.29, 0.717) is 12.8 Å². The molecule has 2 aliphatic rings. The smallest absolute Gasteiger partial charge is 0.305 e. The van der Waals surface area contributed by atoms with E-state index in [0.717, 1.165) is 81.1 Å². The molecule has 7 nitrogen and oxygen atoms in total. The van der Waals surface area contributed by atoms with Crippen LogP contribution in [0.3, 0.4) is 0 Å². The summed E-state index contributed by atoms with van der Waals surface area (Å²) in [6, 6.07) is 19.2. The zero-order chi connectivity index (χ0) is 28.3. The van der Waals surface area contributed by atoms with Crippen molar-refractivity contribution >= 4 is 22.6 Å². The Morgan fingerprint density at radius 3 is 2.32 bits per heavy atom. The zero-order valence-electron chi connectivity index (χ0n) is 24.7. The highest BCUT2D eigenvalue weighted by atomic mass is 16.5. The number of rotatable bonds is 12. The largest absolute Gasteiger partial charge is 0.494 e. The van der Waals surface area contributed by atoms with Gasteiger partial charge in [0.05, 0.1) is 31.3 Å². The van der Waals surface area contributed by atoms with E-state index < -0.39 is 0 Å². The zero-order valence-corrected chi connectivity index (χ0v) is 24.7. The van der Waals surface area contributed by atoms with Crippen LogP contribution in [0.1, 0.15) is 49.8 Å². The Hall–Kier alpha value is -3.16. The molecule has 41 heavy (non-hydrogen) atoms. The molecule has 0 bridgehead atoms. The summed E-state index contributed by atoms with van der Waals surface area (Å²) in [5.74, 6) is 0.782. The number of pyridine rings is 1. The van der Waals surface area contributed by atoms with Crippen molar-refractivity contribution in [3.05, 3.63) is 65.9 Å². The molecule has 3 heterocycles. The number of hydrogen-bond acceptors (Lipinski definition) is 7. The number of ether oxygens (including phenoxy) is 2. The Bertz CT molecular complexity index is 1230. The first kappa shape index (κ1) is 29.3. The summed E-state index contributed by atoms with van der Waals surface area (Å²) in [7, 11) is 1.43. The monoisotopic (exact) mass is 558 g/mol. The minimum atomic E-state index is -0.200. The van der Waals surface area contributed by atoms with Crippen LogP contribution in [0.25, 0.3) is 10.9 Å². The maximum atomic E-state index is 11.6. The fourth-order valence-corrected chi connectivity index (χ4v) is 5.99. The molecule has 0 radical (unpaired) electrons. The minimum Gasteiger partial charge on any atom is -0.494 e. The quantitative estimate of drug-likeness (QED) is 0.219. The molecule has 0 spiro atoms. The van der Waals surface area contributed by atoms with E-state index >= 15 is 0 Å². The number of carbonyl (C=O) groups is 1. The maximum absolute atomic E-state index is 11.6. The minimum absolute atomic E-state index is 0.200. The van der Waals surface area contributed by atoms with Crippen LogP contribution < -0.4 is 9.64 Å². The molecular weight excluding hydrogens is 512 g/mol. The van der Waals surface area contributed by atoms with Crippen LogP contribution in [-0.2, 0) is 22.4 Å². The molecule has 0 unspecified atom stereocenters. The highest BCUT2D eigenvalue weighted by Gasteiger charge is 2.19. The molecule has 0 amide bonds. The first-order chi connectivity index (χ1) is 20.2. The highest BCUT2D eigenvalue weighted by molar-refractivity contribution is 5.91. The molecule has 0 saturated carbocycles. The number of carbonyl (C=O) groups excluding carboxylic acids is 1. The number of aromatic nitrogens is 1. The van der Waals surface area contributed by atoms with Gasteiger partial charge in [0.2, 0.25) is 0 Å². The average molecular weight is 559 g/mol. The molecule has 0 aliphatic carbocycles. The van der Waals surface area contributed by atoms with Crippen molar-refractivity contribution in [1.82, 2.24) is 14.8 Å². The van der Waals surface area contributed by atoms with Crippen molar-refractivity contribution < 1.29 is 14.3 Å². The van der Waals surface area contributed by atoms with E-state index in [2.05, 4.69) is 63.2 Å². The average Bonchev–Trinajstić information content (AvgIpc) is 3.30. The molecule has 0 atom stereocenters. The van der Waals surface area contributed by atoms with Crippen LogP contribution in [0.4, 0.5) is 5.69 Å². The van der Waals surface area contributed by atoms with E-state index in [-0.39, 0.29) is 5.97 Å². The summed E-state index contributed by atoms with van der Waals surface area (Å²) >= 11 is 0. The van der Waals surface area contributed by atoms with Gasteiger partial charge in [0.15, 0.2) is 0 Å². The number of benzene rings is 2. The second-order valence-corrected chi connectivity index (χ2v) is 11.4. The topological polar surface area (TPSA) is 58.1 Å². The molecule has 5 rings (SSSR count). The second kappa shape index (κ2) is 15.2. The van der Waals surface area contributed by atoms with E-state index in [1.807, 2.05) is 6.07 Å². The molecule has 2 saturated heterocycles. The third-order valence-corrected chi connectivity index (χ3v) is 8.51. The van der Waals surface area contributed by atoms with Gasteiger partial charge < -0.3 is 19.3 Å². The molecule has 3 aromatic rings. The van der Waals surface area contributed by atoms with Crippen LogP contribution in [0, 0.1) is 0 Å². The van der Waals surface area contributed by atoms with Gasteiger partial charge in [0.25, 0.3) is 0 Å². The normalized spacial score (nSPS) is 17.0. The van der Waals surface area contributed by atoms with Crippen molar-refractivity contribution in [3.63, 3.8) is 0 Å². The number of likely N-dealkylation sites (tertiary alicyclic amines) is 1. The summed E-state index contributed by atoms with van der Waals surface area (Å²) < 4.78 is 10.8. The van der Waals surface area contributed by atoms with E-state index in [1.54, 1.807) is 0 Å². The predicted octanol–water partition coefficient (Wildman–Crippen LogP) is 5.35. The third-order valence-electron chi connectivity index (χ3n) is 8.51. The lowest BCUT2D eigenvalue weighted by Gasteiger charge is -2.36. The number of para-hydroxylation sites is 1. The number of methoxy groups -OCH3 is 1. The van der Waals surface area contributed by atoms with Gasteiger partial charge in [-0.25, -0.2) is 0 Å². The number of anilines is 1. The lowest BCUT2D eigenvalue weighted by Crippen LogP contribution is -2.47. The lowest BCUT2D eigenvalue weighted by atomic mass is 10.1. The first-order valence-electron chi connectivity index (χ1n) is 15.5. The Morgan fingerprint density at radius 1 is 0.805 bits per heavy atom. The molecule has 220 valence electrons.